The van der Waals surface area contributed by atoms with Crippen molar-refractivity contribution in [3.63, 3.8) is 0 Å². The molecular weight excluding hydrogens is 384 g/mol. The molecule has 3 heterocycles. The molecule has 1 fully saturated rings. The lowest BCUT2D eigenvalue weighted by Gasteiger charge is -2.21. The maximum atomic E-state index is 13.0. The van der Waals surface area contributed by atoms with Gasteiger partial charge in [-0.25, -0.2) is 9.97 Å². The van der Waals surface area contributed by atoms with Crippen molar-refractivity contribution < 1.29 is 9.21 Å². The van der Waals surface area contributed by atoms with Crippen LogP contribution in [0.2, 0.25) is 0 Å². The Kier molecular flexibility index (Phi) is 5.58. The van der Waals surface area contributed by atoms with Crippen LogP contribution >= 0.6 is 11.8 Å². The first-order chi connectivity index (χ1) is 14.1. The fourth-order valence-electron chi connectivity index (χ4n) is 3.71. The summed E-state index contributed by atoms with van der Waals surface area (Å²) in [6.07, 6.45) is 5.96. The third-order valence-electron chi connectivity index (χ3n) is 5.12. The van der Waals surface area contributed by atoms with E-state index in [0.29, 0.717) is 27.9 Å². The van der Waals surface area contributed by atoms with Crippen molar-refractivity contribution in [1.82, 2.24) is 9.97 Å². The van der Waals surface area contributed by atoms with E-state index in [1.165, 1.54) is 30.3 Å². The van der Waals surface area contributed by atoms with Crippen molar-refractivity contribution in [3.05, 3.63) is 53.4 Å². The van der Waals surface area contributed by atoms with Crippen molar-refractivity contribution in [2.24, 2.45) is 0 Å². The highest BCUT2D eigenvalue weighted by atomic mass is 32.2. The fourth-order valence-corrected chi connectivity index (χ4v) is 4.33. The molecule has 4 rings (SSSR count). The number of aromatic nitrogens is 2. The Bertz CT molecular complexity index is 1030. The van der Waals surface area contributed by atoms with E-state index in [4.69, 9.17) is 4.42 Å². The fraction of sp³-hybridized carbons (Fsp3) is 0.318. The molecule has 0 atom stereocenters. The summed E-state index contributed by atoms with van der Waals surface area (Å²) < 4.78 is 5.40. The molecule has 6 nitrogen and oxygen atoms in total. The number of hydrogen-bond acceptors (Lipinski definition) is 6. The summed E-state index contributed by atoms with van der Waals surface area (Å²) in [5, 5.41) is 3.64. The predicted molar refractivity (Wildman–Crippen MR) is 117 cm³/mol. The second kappa shape index (κ2) is 8.29. The summed E-state index contributed by atoms with van der Waals surface area (Å²) in [7, 11) is 0. The number of carbonyl (C=O) groups excluding carboxylic acids is 1. The third kappa shape index (κ3) is 4.00. The third-order valence-corrected chi connectivity index (χ3v) is 5.80. The lowest BCUT2D eigenvalue weighted by Crippen LogP contribution is -2.19. The van der Waals surface area contributed by atoms with Crippen molar-refractivity contribution in [3.8, 4) is 11.6 Å². The van der Waals surface area contributed by atoms with E-state index >= 15 is 0 Å². The number of hydrogen-bond donors (Lipinski definition) is 1. The van der Waals surface area contributed by atoms with Crippen LogP contribution in [-0.2, 0) is 0 Å². The highest BCUT2D eigenvalue weighted by Gasteiger charge is 2.21. The summed E-state index contributed by atoms with van der Waals surface area (Å²) >= 11 is 1.42. The highest BCUT2D eigenvalue weighted by Crippen LogP contribution is 2.29. The normalized spacial score (nSPS) is 13.7. The van der Waals surface area contributed by atoms with Gasteiger partial charge < -0.3 is 14.6 Å². The number of rotatable bonds is 5. The van der Waals surface area contributed by atoms with Crippen LogP contribution in [-0.4, -0.2) is 35.2 Å². The molecule has 0 saturated carbocycles. The quantitative estimate of drug-likeness (QED) is 0.477. The van der Waals surface area contributed by atoms with E-state index in [0.717, 1.165) is 24.3 Å². The van der Waals surface area contributed by atoms with Gasteiger partial charge in [0.2, 0.25) is 0 Å². The molecule has 1 aromatic carbocycles. The van der Waals surface area contributed by atoms with Crippen molar-refractivity contribution in [2.45, 2.75) is 31.7 Å². The van der Waals surface area contributed by atoms with Gasteiger partial charge in [0.15, 0.2) is 11.6 Å². The summed E-state index contributed by atoms with van der Waals surface area (Å²) in [5.41, 5.74) is 4.30. The van der Waals surface area contributed by atoms with Gasteiger partial charge in [-0.05, 0) is 68.8 Å². The lowest BCUT2D eigenvalue weighted by atomic mass is 10.1. The standard InChI is InChI=1S/C22H24N4O2S/c1-14-13-16(8-9-17(14)26-10-4-5-11-26)24-21(27)19-15(2)23-20(25-22(19)29-3)18-7-6-12-28-18/h6-9,12-13H,4-5,10-11H2,1-3H3,(H,24,27). The largest absolute Gasteiger partial charge is 0.461 e. The molecule has 1 amide bonds. The average molecular weight is 409 g/mol. The Hall–Kier alpha value is -2.80. The van der Waals surface area contributed by atoms with E-state index in [1.807, 2.05) is 31.4 Å². The van der Waals surface area contributed by atoms with Gasteiger partial charge in [-0.15, -0.1) is 11.8 Å². The maximum Gasteiger partial charge on any atom is 0.260 e. The minimum Gasteiger partial charge on any atom is -0.461 e. The minimum atomic E-state index is -0.203. The Balaban J connectivity index is 1.59. The van der Waals surface area contributed by atoms with Gasteiger partial charge in [0, 0.05) is 24.5 Å². The van der Waals surface area contributed by atoms with Gasteiger partial charge >= 0.3 is 0 Å². The van der Waals surface area contributed by atoms with Gasteiger partial charge in [-0.3, -0.25) is 4.79 Å². The molecule has 150 valence electrons. The van der Waals surface area contributed by atoms with Gasteiger partial charge in [0.25, 0.3) is 5.91 Å². The molecule has 1 saturated heterocycles. The molecule has 0 bridgehead atoms. The Morgan fingerprint density at radius 1 is 1.17 bits per heavy atom. The van der Waals surface area contributed by atoms with Crippen LogP contribution in [0.25, 0.3) is 11.6 Å². The number of nitrogens with zero attached hydrogens (tertiary/aromatic N) is 3. The second-order valence-corrected chi connectivity index (χ2v) is 7.94. The SMILES string of the molecule is CSc1nc(-c2ccco2)nc(C)c1C(=O)Nc1ccc(N2CCCC2)c(C)c1. The van der Waals surface area contributed by atoms with Crippen LogP contribution in [0.5, 0.6) is 0 Å². The zero-order chi connectivity index (χ0) is 20.4. The first-order valence-corrected chi connectivity index (χ1v) is 10.9. The predicted octanol–water partition coefficient (Wildman–Crippen LogP) is 4.93. The van der Waals surface area contributed by atoms with Crippen LogP contribution in [0.3, 0.4) is 0 Å². The van der Waals surface area contributed by atoms with E-state index in [-0.39, 0.29) is 5.91 Å². The Labute approximate surface area is 174 Å². The summed E-state index contributed by atoms with van der Waals surface area (Å²) in [6, 6.07) is 9.68. The first-order valence-electron chi connectivity index (χ1n) is 9.70. The zero-order valence-electron chi connectivity index (χ0n) is 16.9. The molecule has 1 N–H and O–H groups in total. The molecule has 1 aliphatic heterocycles. The minimum absolute atomic E-state index is 0.203. The average Bonchev–Trinajstić information content (AvgIpc) is 3.41. The lowest BCUT2D eigenvalue weighted by molar-refractivity contribution is 0.102. The van der Waals surface area contributed by atoms with Gasteiger partial charge in [0.05, 0.1) is 17.5 Å². The number of amides is 1. The molecule has 29 heavy (non-hydrogen) atoms. The number of furan rings is 1. The van der Waals surface area contributed by atoms with Crippen molar-refractivity contribution in [2.75, 3.05) is 29.6 Å². The van der Waals surface area contributed by atoms with Crippen molar-refractivity contribution >= 4 is 29.0 Å². The number of aryl methyl sites for hydroxylation is 2. The molecule has 3 aromatic rings. The Morgan fingerprint density at radius 2 is 1.97 bits per heavy atom. The number of thioether (sulfide) groups is 1. The molecule has 2 aromatic heterocycles. The van der Waals surface area contributed by atoms with Crippen LogP contribution in [0.1, 0.15) is 34.5 Å². The van der Waals surface area contributed by atoms with Crippen LogP contribution < -0.4 is 10.2 Å². The maximum absolute atomic E-state index is 13.0. The number of benzene rings is 1. The van der Waals surface area contributed by atoms with Crippen LogP contribution in [0.15, 0.2) is 46.0 Å². The molecule has 1 aliphatic rings. The molecular formula is C22H24N4O2S. The zero-order valence-corrected chi connectivity index (χ0v) is 17.7. The molecule has 0 aliphatic carbocycles. The molecule has 0 radical (unpaired) electrons. The number of anilines is 2. The number of carbonyl (C=O) groups is 1. The van der Waals surface area contributed by atoms with E-state index in [9.17, 15) is 4.79 Å². The topological polar surface area (TPSA) is 71.3 Å². The van der Waals surface area contributed by atoms with Gasteiger partial charge in [-0.1, -0.05) is 0 Å². The second-order valence-electron chi connectivity index (χ2n) is 7.14. The smallest absolute Gasteiger partial charge is 0.260 e. The highest BCUT2D eigenvalue weighted by molar-refractivity contribution is 7.98. The van der Waals surface area contributed by atoms with Gasteiger partial charge in [-0.2, -0.15) is 0 Å². The van der Waals surface area contributed by atoms with E-state index in [2.05, 4.69) is 33.2 Å². The molecule has 7 heteroatoms. The van der Waals surface area contributed by atoms with Crippen LogP contribution in [0, 0.1) is 13.8 Å². The number of nitrogens with one attached hydrogen (secondary N) is 1. The monoisotopic (exact) mass is 408 g/mol. The Morgan fingerprint density at radius 3 is 2.62 bits per heavy atom. The van der Waals surface area contributed by atoms with Crippen molar-refractivity contribution in [1.29, 1.82) is 0 Å². The first kappa shape index (κ1) is 19.5. The van der Waals surface area contributed by atoms with Crippen LogP contribution in [0.4, 0.5) is 11.4 Å². The molecule has 0 spiro atoms. The summed E-state index contributed by atoms with van der Waals surface area (Å²) in [5.74, 6) is 0.869. The van der Waals surface area contributed by atoms with E-state index in [1.54, 1.807) is 12.3 Å². The van der Waals surface area contributed by atoms with E-state index < -0.39 is 0 Å². The summed E-state index contributed by atoms with van der Waals surface area (Å²) in [4.78, 5) is 24.4. The molecule has 0 unspecified atom stereocenters. The van der Waals surface area contributed by atoms with Gasteiger partial charge in [0.1, 0.15) is 5.03 Å². The summed E-state index contributed by atoms with van der Waals surface area (Å²) in [6.45, 7) is 6.11.